The van der Waals surface area contributed by atoms with Crippen molar-refractivity contribution in [1.82, 2.24) is 29.8 Å². The Morgan fingerprint density at radius 2 is 1.77 bits per heavy atom. The molecule has 10 nitrogen and oxygen atoms in total. The molecule has 0 atom stereocenters. The van der Waals surface area contributed by atoms with Crippen molar-refractivity contribution in [3.63, 3.8) is 0 Å². The summed E-state index contributed by atoms with van der Waals surface area (Å²) in [5.74, 6) is 0.742. The van der Waals surface area contributed by atoms with Crippen LogP contribution in [0.3, 0.4) is 0 Å². The second-order valence-corrected chi connectivity index (χ2v) is 9.49. The van der Waals surface area contributed by atoms with Crippen molar-refractivity contribution in [2.75, 3.05) is 31.1 Å². The van der Waals surface area contributed by atoms with Crippen LogP contribution in [-0.2, 0) is 6.54 Å². The van der Waals surface area contributed by atoms with Gasteiger partial charge in [0.25, 0.3) is 11.4 Å². The van der Waals surface area contributed by atoms with Gasteiger partial charge >= 0.3 is 6.36 Å². The van der Waals surface area contributed by atoms with Crippen LogP contribution in [0, 0.1) is 0 Å². The molecule has 4 heterocycles. The second-order valence-electron chi connectivity index (χ2n) is 9.49. The number of nitrogens with zero attached hydrogens (tertiary/aromatic N) is 7. The lowest BCUT2D eigenvalue weighted by atomic mass is 10.2. The summed E-state index contributed by atoms with van der Waals surface area (Å²) in [7, 11) is 0. The van der Waals surface area contributed by atoms with Gasteiger partial charge in [-0.2, -0.15) is 10.1 Å². The molecular weight excluding hydrogens is 515 g/mol. The molecule has 4 aromatic rings. The van der Waals surface area contributed by atoms with Gasteiger partial charge in [-0.25, -0.2) is 9.67 Å². The van der Waals surface area contributed by atoms with Gasteiger partial charge in [-0.15, -0.1) is 13.2 Å². The summed E-state index contributed by atoms with van der Waals surface area (Å²) >= 11 is 0. The lowest BCUT2D eigenvalue weighted by molar-refractivity contribution is -0.274. The zero-order valence-corrected chi connectivity index (χ0v) is 20.7. The Hall–Kier alpha value is -4.26. The minimum absolute atomic E-state index is 0.0679. The van der Waals surface area contributed by atoms with Gasteiger partial charge in [-0.3, -0.25) is 9.69 Å². The van der Waals surface area contributed by atoms with Crippen molar-refractivity contribution in [3.8, 4) is 28.7 Å². The summed E-state index contributed by atoms with van der Waals surface area (Å²) in [4.78, 5) is 26.2. The van der Waals surface area contributed by atoms with Crippen LogP contribution < -0.4 is 15.2 Å². The van der Waals surface area contributed by atoms with Crippen LogP contribution in [0.25, 0.3) is 23.0 Å². The summed E-state index contributed by atoms with van der Waals surface area (Å²) in [5, 5.41) is 8.29. The molecule has 2 fully saturated rings. The maximum absolute atomic E-state index is 12.6. The molecule has 0 N–H and O–H groups in total. The Balaban J connectivity index is 1.16. The van der Waals surface area contributed by atoms with E-state index in [-0.39, 0.29) is 35.3 Å². The number of halogens is 3. The number of anilines is 1. The Morgan fingerprint density at radius 1 is 1.00 bits per heavy atom. The molecule has 1 aromatic carbocycles. The van der Waals surface area contributed by atoms with E-state index in [1.165, 1.54) is 41.8 Å². The monoisotopic (exact) mass is 539 g/mol. The maximum atomic E-state index is 12.6. The number of rotatable bonds is 7. The van der Waals surface area contributed by atoms with E-state index in [0.717, 1.165) is 55.7 Å². The van der Waals surface area contributed by atoms with Gasteiger partial charge in [0.2, 0.25) is 5.82 Å². The maximum Gasteiger partial charge on any atom is 0.573 e. The third kappa shape index (κ3) is 5.93. The van der Waals surface area contributed by atoms with Crippen LogP contribution >= 0.6 is 0 Å². The van der Waals surface area contributed by atoms with Gasteiger partial charge in [-0.1, -0.05) is 5.16 Å². The first-order valence-electron chi connectivity index (χ1n) is 12.5. The van der Waals surface area contributed by atoms with Crippen molar-refractivity contribution in [3.05, 3.63) is 70.6 Å². The number of hydrogen-bond donors (Lipinski definition) is 0. The largest absolute Gasteiger partial charge is 0.573 e. The molecular formula is C26H24F3N7O3. The smallest absolute Gasteiger partial charge is 0.406 e. The second kappa shape index (κ2) is 10.1. The van der Waals surface area contributed by atoms with Crippen LogP contribution in [0.4, 0.5) is 19.0 Å². The number of benzene rings is 1. The summed E-state index contributed by atoms with van der Waals surface area (Å²) in [5.41, 5.74) is 1.30. The van der Waals surface area contributed by atoms with Gasteiger partial charge in [-0.05, 0) is 60.9 Å². The van der Waals surface area contributed by atoms with E-state index in [4.69, 9.17) is 4.52 Å². The van der Waals surface area contributed by atoms with E-state index in [9.17, 15) is 18.0 Å². The Labute approximate surface area is 220 Å². The average Bonchev–Trinajstić information content (AvgIpc) is 3.66. The molecule has 6 rings (SSSR count). The fourth-order valence-corrected chi connectivity index (χ4v) is 4.59. The zero-order valence-electron chi connectivity index (χ0n) is 20.7. The van der Waals surface area contributed by atoms with Crippen molar-refractivity contribution in [2.45, 2.75) is 31.8 Å². The lowest BCUT2D eigenvalue weighted by Crippen LogP contribution is -2.47. The van der Waals surface area contributed by atoms with Crippen LogP contribution in [0.2, 0.25) is 0 Å². The van der Waals surface area contributed by atoms with Crippen LogP contribution in [0.1, 0.15) is 18.4 Å². The van der Waals surface area contributed by atoms with E-state index in [0.29, 0.717) is 5.56 Å². The standard InChI is InChI=1S/C26H24F3N7O3/c27-26(28,29)38-20-5-1-18(2-6-20)24-31-25(39-33-24)21-7-8-23(37)36(32-21)16-17-9-10-30-22(15-17)35-13-11-34(12-14-35)19-3-4-19/h1-2,5-10,15,19H,3-4,11-14,16H2. The van der Waals surface area contributed by atoms with E-state index in [1.54, 1.807) is 6.20 Å². The molecule has 0 spiro atoms. The molecule has 1 saturated carbocycles. The number of aromatic nitrogens is 5. The average molecular weight is 540 g/mol. The molecule has 1 aliphatic carbocycles. The molecule has 2 aliphatic rings. The molecule has 1 aliphatic heterocycles. The topological polar surface area (TPSA) is 102 Å². The predicted molar refractivity (Wildman–Crippen MR) is 134 cm³/mol. The van der Waals surface area contributed by atoms with Crippen LogP contribution in [-0.4, -0.2) is 68.4 Å². The normalized spacial score (nSPS) is 16.4. The number of alkyl halides is 3. The Morgan fingerprint density at radius 3 is 2.49 bits per heavy atom. The molecule has 13 heteroatoms. The van der Waals surface area contributed by atoms with Crippen molar-refractivity contribution in [1.29, 1.82) is 0 Å². The van der Waals surface area contributed by atoms with E-state index >= 15 is 0 Å². The third-order valence-electron chi connectivity index (χ3n) is 6.70. The van der Waals surface area contributed by atoms with Crippen LogP contribution in [0.5, 0.6) is 5.75 Å². The molecule has 0 unspecified atom stereocenters. The molecule has 39 heavy (non-hydrogen) atoms. The summed E-state index contributed by atoms with van der Waals surface area (Å²) in [6, 6.07) is 12.5. The molecule has 0 amide bonds. The summed E-state index contributed by atoms with van der Waals surface area (Å²) < 4.78 is 47.7. The molecule has 202 valence electrons. The highest BCUT2D eigenvalue weighted by Crippen LogP contribution is 2.29. The molecule has 3 aromatic heterocycles. The SMILES string of the molecule is O=c1ccc(-c2nc(-c3ccc(OC(F)(F)F)cc3)no2)nn1Cc1ccnc(N2CCN(C3CC3)CC2)c1. The minimum Gasteiger partial charge on any atom is -0.406 e. The molecule has 0 bridgehead atoms. The summed E-state index contributed by atoms with van der Waals surface area (Å²) in [6.07, 6.45) is -0.443. The quantitative estimate of drug-likeness (QED) is 0.349. The fourth-order valence-electron chi connectivity index (χ4n) is 4.59. The number of piperazine rings is 1. The van der Waals surface area contributed by atoms with Gasteiger partial charge < -0.3 is 14.2 Å². The third-order valence-corrected chi connectivity index (χ3v) is 6.70. The van der Waals surface area contributed by atoms with E-state index in [1.807, 2.05) is 12.1 Å². The summed E-state index contributed by atoms with van der Waals surface area (Å²) in [6.45, 7) is 4.11. The molecule has 0 radical (unpaired) electrons. The highest BCUT2D eigenvalue weighted by Gasteiger charge is 2.32. The van der Waals surface area contributed by atoms with Gasteiger partial charge in [0.05, 0.1) is 6.54 Å². The van der Waals surface area contributed by atoms with Gasteiger partial charge in [0.1, 0.15) is 17.3 Å². The van der Waals surface area contributed by atoms with Crippen molar-refractivity contribution >= 4 is 5.82 Å². The van der Waals surface area contributed by atoms with Crippen LogP contribution in [0.15, 0.2) is 64.0 Å². The Kier molecular flexibility index (Phi) is 6.51. The Bertz CT molecular complexity index is 1510. The lowest BCUT2D eigenvalue weighted by Gasteiger charge is -2.35. The minimum atomic E-state index is -4.78. The van der Waals surface area contributed by atoms with Gasteiger partial charge in [0, 0.05) is 50.0 Å². The van der Waals surface area contributed by atoms with E-state index < -0.39 is 6.36 Å². The van der Waals surface area contributed by atoms with Gasteiger partial charge in [0.15, 0.2) is 0 Å². The molecule has 1 saturated heterocycles. The number of ether oxygens (including phenoxy) is 1. The first-order chi connectivity index (χ1) is 18.8. The zero-order chi connectivity index (χ0) is 27.0. The fraction of sp³-hybridized carbons (Fsp3) is 0.346. The highest BCUT2D eigenvalue weighted by atomic mass is 19.4. The van der Waals surface area contributed by atoms with Crippen molar-refractivity contribution in [2.24, 2.45) is 0 Å². The van der Waals surface area contributed by atoms with E-state index in [2.05, 4.69) is 34.8 Å². The highest BCUT2D eigenvalue weighted by molar-refractivity contribution is 5.58. The first kappa shape index (κ1) is 25.0. The first-order valence-corrected chi connectivity index (χ1v) is 12.5. The number of pyridine rings is 1. The van der Waals surface area contributed by atoms with Crippen molar-refractivity contribution < 1.29 is 22.4 Å². The number of hydrogen-bond acceptors (Lipinski definition) is 9. The predicted octanol–water partition coefficient (Wildman–Crippen LogP) is 3.59.